The lowest BCUT2D eigenvalue weighted by Crippen LogP contribution is -2.41. The summed E-state index contributed by atoms with van der Waals surface area (Å²) in [7, 11) is -0.537. The molecule has 0 bridgehead atoms. The molecule has 138 valence electrons. The summed E-state index contributed by atoms with van der Waals surface area (Å²) >= 11 is 6.69. The molecule has 1 aliphatic heterocycles. The van der Waals surface area contributed by atoms with E-state index in [1.54, 1.807) is 6.20 Å². The molecule has 1 aromatic carbocycles. The van der Waals surface area contributed by atoms with E-state index in [4.69, 9.17) is 20.9 Å². The van der Waals surface area contributed by atoms with Gasteiger partial charge in [0, 0.05) is 11.7 Å². The van der Waals surface area contributed by atoms with E-state index in [2.05, 4.69) is 20.3 Å². The normalized spacial score (nSPS) is 18.0. The Labute approximate surface area is 163 Å². The quantitative estimate of drug-likeness (QED) is 0.696. The van der Waals surface area contributed by atoms with E-state index in [0.29, 0.717) is 22.0 Å². The first-order valence-electron chi connectivity index (χ1n) is 8.75. The summed E-state index contributed by atoms with van der Waals surface area (Å²) < 4.78 is 12.3. The maximum absolute atomic E-state index is 6.69. The van der Waals surface area contributed by atoms with Crippen molar-refractivity contribution in [1.29, 1.82) is 0 Å². The van der Waals surface area contributed by atoms with E-state index >= 15 is 0 Å². The molecule has 27 heavy (non-hydrogen) atoms. The number of anilines is 2. The van der Waals surface area contributed by atoms with Gasteiger partial charge < -0.3 is 14.6 Å². The Morgan fingerprint density at radius 3 is 2.44 bits per heavy atom. The number of aromatic nitrogens is 3. The minimum atomic E-state index is -0.537. The van der Waals surface area contributed by atoms with E-state index < -0.39 is 18.3 Å². The summed E-state index contributed by atoms with van der Waals surface area (Å²) in [6, 6.07) is 9.42. The summed E-state index contributed by atoms with van der Waals surface area (Å²) in [5, 5.41) is 3.79. The summed E-state index contributed by atoms with van der Waals surface area (Å²) in [5.41, 5.74) is 2.04. The molecule has 1 aliphatic rings. The number of rotatable bonds is 3. The molecule has 2 aromatic heterocycles. The molecular formula is C19H20BClN4O2. The Morgan fingerprint density at radius 1 is 0.963 bits per heavy atom. The molecule has 0 unspecified atom stereocenters. The number of hydrogen-bond acceptors (Lipinski definition) is 6. The van der Waals surface area contributed by atoms with Crippen LogP contribution in [-0.2, 0) is 9.31 Å². The smallest absolute Gasteiger partial charge is 0.399 e. The van der Waals surface area contributed by atoms with Crippen molar-refractivity contribution in [3.05, 3.63) is 47.9 Å². The molecule has 0 saturated carbocycles. The lowest BCUT2D eigenvalue weighted by Gasteiger charge is -2.32. The Kier molecular flexibility index (Phi) is 4.33. The molecule has 3 heterocycles. The van der Waals surface area contributed by atoms with Gasteiger partial charge in [-0.05, 0) is 45.9 Å². The van der Waals surface area contributed by atoms with Gasteiger partial charge in [-0.3, -0.25) is 4.98 Å². The molecule has 0 radical (unpaired) electrons. The van der Waals surface area contributed by atoms with E-state index in [1.807, 2.05) is 58.0 Å². The van der Waals surface area contributed by atoms with Crippen LogP contribution in [0.15, 0.2) is 42.9 Å². The Bertz CT molecular complexity index is 991. The Balaban J connectivity index is 1.69. The van der Waals surface area contributed by atoms with Gasteiger partial charge in [-0.25, -0.2) is 9.97 Å². The summed E-state index contributed by atoms with van der Waals surface area (Å²) in [5.74, 6) is 0.591. The highest BCUT2D eigenvalue weighted by molar-refractivity contribution is 6.66. The van der Waals surface area contributed by atoms with Gasteiger partial charge in [-0.1, -0.05) is 23.7 Å². The standard InChI is InChI=1S/C19H20BClN4O2/c1-18(2)19(3,4)27-20(26-18)12-7-5-8-13(15(12)21)25-17-16-14(23-11-24-17)9-6-10-22-16/h5-11H,1-4H3,(H,23,24,25). The summed E-state index contributed by atoms with van der Waals surface area (Å²) in [6.45, 7) is 8.06. The monoisotopic (exact) mass is 382 g/mol. The van der Waals surface area contributed by atoms with Crippen molar-refractivity contribution in [2.45, 2.75) is 38.9 Å². The zero-order chi connectivity index (χ0) is 19.2. The summed E-state index contributed by atoms with van der Waals surface area (Å²) in [4.78, 5) is 12.9. The van der Waals surface area contributed by atoms with Gasteiger partial charge in [0.25, 0.3) is 0 Å². The van der Waals surface area contributed by atoms with Gasteiger partial charge in [0.1, 0.15) is 11.8 Å². The van der Waals surface area contributed by atoms with Crippen LogP contribution in [0.2, 0.25) is 5.02 Å². The first-order valence-corrected chi connectivity index (χ1v) is 9.13. The van der Waals surface area contributed by atoms with Crippen LogP contribution in [0.3, 0.4) is 0 Å². The van der Waals surface area contributed by atoms with E-state index in [1.165, 1.54) is 6.33 Å². The Hall–Kier alpha value is -2.22. The third-order valence-corrected chi connectivity index (χ3v) is 5.61. The van der Waals surface area contributed by atoms with Crippen molar-refractivity contribution < 1.29 is 9.31 Å². The van der Waals surface area contributed by atoms with E-state index in [-0.39, 0.29) is 0 Å². The van der Waals surface area contributed by atoms with Gasteiger partial charge in [-0.2, -0.15) is 0 Å². The molecule has 0 aliphatic carbocycles. The Morgan fingerprint density at radius 2 is 1.70 bits per heavy atom. The molecule has 8 heteroatoms. The molecule has 0 amide bonds. The lowest BCUT2D eigenvalue weighted by atomic mass is 9.79. The average Bonchev–Trinajstić information content (AvgIpc) is 2.84. The molecule has 4 rings (SSSR count). The average molecular weight is 383 g/mol. The van der Waals surface area contributed by atoms with Crippen molar-refractivity contribution in [2.24, 2.45) is 0 Å². The molecule has 0 spiro atoms. The number of halogens is 1. The molecule has 6 nitrogen and oxygen atoms in total. The van der Waals surface area contributed by atoms with Gasteiger partial charge in [0.05, 0.1) is 27.4 Å². The second-order valence-corrected chi connectivity index (χ2v) is 7.89. The van der Waals surface area contributed by atoms with Crippen LogP contribution < -0.4 is 10.8 Å². The first kappa shape index (κ1) is 18.2. The second-order valence-electron chi connectivity index (χ2n) is 7.52. The topological polar surface area (TPSA) is 69.2 Å². The van der Waals surface area contributed by atoms with Crippen LogP contribution in [0.25, 0.3) is 11.0 Å². The molecule has 1 fully saturated rings. The minimum absolute atomic E-state index is 0.433. The van der Waals surface area contributed by atoms with Gasteiger partial charge in [0.15, 0.2) is 5.82 Å². The fraction of sp³-hybridized carbons (Fsp3) is 0.316. The number of nitrogens with zero attached hydrogens (tertiary/aromatic N) is 3. The highest BCUT2D eigenvalue weighted by Gasteiger charge is 2.52. The number of benzene rings is 1. The van der Waals surface area contributed by atoms with Crippen molar-refractivity contribution in [3.8, 4) is 0 Å². The SMILES string of the molecule is CC1(C)OB(c2cccc(Nc3ncnc4cccnc34)c2Cl)OC1(C)C. The molecule has 1 saturated heterocycles. The highest BCUT2D eigenvalue weighted by atomic mass is 35.5. The predicted molar refractivity (Wildman–Crippen MR) is 108 cm³/mol. The van der Waals surface area contributed by atoms with Crippen molar-refractivity contribution in [2.75, 3.05) is 5.32 Å². The van der Waals surface area contributed by atoms with Gasteiger partial charge >= 0.3 is 7.12 Å². The van der Waals surface area contributed by atoms with Gasteiger partial charge in [0.2, 0.25) is 0 Å². The number of fused-ring (bicyclic) bond motifs is 1. The third kappa shape index (κ3) is 3.16. The number of pyridine rings is 1. The highest BCUT2D eigenvalue weighted by Crippen LogP contribution is 2.37. The minimum Gasteiger partial charge on any atom is -0.399 e. The van der Waals surface area contributed by atoms with Crippen molar-refractivity contribution in [1.82, 2.24) is 15.0 Å². The lowest BCUT2D eigenvalue weighted by molar-refractivity contribution is 0.00578. The van der Waals surface area contributed by atoms with E-state index in [9.17, 15) is 0 Å². The number of nitrogens with one attached hydrogen (secondary N) is 1. The fourth-order valence-electron chi connectivity index (χ4n) is 2.91. The maximum Gasteiger partial charge on any atom is 0.496 e. The third-order valence-electron chi connectivity index (χ3n) is 5.18. The molecule has 3 aromatic rings. The maximum atomic E-state index is 6.69. The predicted octanol–water partition coefficient (Wildman–Crippen LogP) is 3.72. The van der Waals surface area contributed by atoms with Crippen LogP contribution in [0.5, 0.6) is 0 Å². The largest absolute Gasteiger partial charge is 0.496 e. The molecule has 0 atom stereocenters. The molecular weight excluding hydrogens is 363 g/mol. The van der Waals surface area contributed by atoms with Crippen molar-refractivity contribution in [3.63, 3.8) is 0 Å². The van der Waals surface area contributed by atoms with E-state index in [0.717, 1.165) is 11.0 Å². The van der Waals surface area contributed by atoms with Crippen molar-refractivity contribution >= 4 is 46.7 Å². The zero-order valence-corrected chi connectivity index (χ0v) is 16.4. The fourth-order valence-corrected chi connectivity index (χ4v) is 3.17. The second kappa shape index (κ2) is 6.44. The van der Waals surface area contributed by atoms with Crippen LogP contribution in [0.4, 0.5) is 11.5 Å². The molecule has 1 N–H and O–H groups in total. The zero-order valence-electron chi connectivity index (χ0n) is 15.7. The van der Waals surface area contributed by atoms with Crippen LogP contribution >= 0.6 is 11.6 Å². The number of hydrogen-bond donors (Lipinski definition) is 1. The first-order chi connectivity index (χ1) is 12.8. The summed E-state index contributed by atoms with van der Waals surface area (Å²) in [6.07, 6.45) is 3.21. The van der Waals surface area contributed by atoms with Gasteiger partial charge in [-0.15, -0.1) is 0 Å². The van der Waals surface area contributed by atoms with Crippen LogP contribution in [0.1, 0.15) is 27.7 Å². The van der Waals surface area contributed by atoms with Crippen LogP contribution in [0, 0.1) is 0 Å². The van der Waals surface area contributed by atoms with Crippen LogP contribution in [-0.4, -0.2) is 33.3 Å².